The fraction of sp³-hybridized carbons (Fsp3) is 0. The van der Waals surface area contributed by atoms with E-state index in [9.17, 15) is 0 Å². The Morgan fingerprint density at radius 2 is 0.796 bits per heavy atom. The van der Waals surface area contributed by atoms with Crippen LogP contribution in [0.5, 0.6) is 0 Å². The maximum Gasteiger partial charge on any atom is 0.165 e. The molecule has 3 aromatic heterocycles. The molecule has 12 aromatic rings. The van der Waals surface area contributed by atoms with Crippen LogP contribution in [0, 0.1) is 0 Å². The smallest absolute Gasteiger partial charge is 0.165 e. The maximum absolute atomic E-state index is 5.77. The van der Waals surface area contributed by atoms with E-state index in [1.54, 1.807) is 0 Å². The van der Waals surface area contributed by atoms with Crippen LogP contribution >= 0.6 is 0 Å². The molecule has 3 heterocycles. The Balaban J connectivity index is 1.30. The average molecular weight is 687 g/mol. The highest BCUT2D eigenvalue weighted by molar-refractivity contribution is 6.29. The van der Waals surface area contributed by atoms with Crippen molar-refractivity contribution in [1.82, 2.24) is 19.1 Å². The first-order chi connectivity index (χ1) is 26.8. The predicted molar refractivity (Wildman–Crippen MR) is 226 cm³/mol. The van der Waals surface area contributed by atoms with Crippen molar-refractivity contribution in [3.63, 3.8) is 0 Å². The van der Waals surface area contributed by atoms with Crippen molar-refractivity contribution >= 4 is 87.0 Å². The first-order valence-electron chi connectivity index (χ1n) is 18.4. The Bertz CT molecular complexity index is 3490. The molecule has 4 nitrogen and oxygen atoms in total. The van der Waals surface area contributed by atoms with Crippen molar-refractivity contribution in [2.75, 3.05) is 0 Å². The summed E-state index contributed by atoms with van der Waals surface area (Å²) in [6.45, 7) is 0. The first-order valence-corrected chi connectivity index (χ1v) is 18.4. The Hall–Kier alpha value is -7.30. The highest BCUT2D eigenvalue weighted by atomic mass is 15.1. The minimum Gasteiger partial charge on any atom is -0.309 e. The zero-order chi connectivity index (χ0) is 35.3. The molecule has 0 N–H and O–H groups in total. The summed E-state index contributed by atoms with van der Waals surface area (Å²) in [5, 5.41) is 11.7. The Morgan fingerprint density at radius 1 is 0.315 bits per heavy atom. The zero-order valence-electron chi connectivity index (χ0n) is 29.1. The monoisotopic (exact) mass is 686 g/mol. The van der Waals surface area contributed by atoms with Crippen molar-refractivity contribution in [1.29, 1.82) is 0 Å². The van der Waals surface area contributed by atoms with Gasteiger partial charge >= 0.3 is 0 Å². The molecule has 0 spiro atoms. The molecule has 9 aromatic carbocycles. The molecule has 0 amide bonds. The molecule has 0 aliphatic rings. The number of hydrogen-bond donors (Lipinski definition) is 0. The van der Waals surface area contributed by atoms with E-state index in [1.807, 2.05) is 0 Å². The second kappa shape index (κ2) is 11.1. The molecule has 0 saturated heterocycles. The fourth-order valence-corrected chi connectivity index (χ4v) is 9.02. The average Bonchev–Trinajstić information content (AvgIpc) is 3.76. The van der Waals surface area contributed by atoms with Gasteiger partial charge in [0.25, 0.3) is 0 Å². The van der Waals surface area contributed by atoms with Crippen LogP contribution in [0.1, 0.15) is 0 Å². The highest BCUT2D eigenvalue weighted by Crippen LogP contribution is 2.44. The Kier molecular flexibility index (Phi) is 6.02. The zero-order valence-corrected chi connectivity index (χ0v) is 29.1. The number of hydrogen-bond acceptors (Lipinski definition) is 2. The van der Waals surface area contributed by atoms with E-state index < -0.39 is 0 Å². The van der Waals surface area contributed by atoms with Gasteiger partial charge in [0.15, 0.2) is 5.82 Å². The summed E-state index contributed by atoms with van der Waals surface area (Å²) < 4.78 is 4.76. The van der Waals surface area contributed by atoms with E-state index in [1.165, 1.54) is 48.7 Å². The number of aromatic nitrogens is 4. The summed E-state index contributed by atoms with van der Waals surface area (Å²) in [6.07, 6.45) is 0. The molecule has 0 aliphatic carbocycles. The molecule has 0 fully saturated rings. The van der Waals surface area contributed by atoms with Crippen LogP contribution < -0.4 is 0 Å². The van der Waals surface area contributed by atoms with Crippen LogP contribution in [-0.2, 0) is 0 Å². The molecule has 0 saturated carbocycles. The molecule has 0 radical (unpaired) electrons. The number of nitrogens with zero attached hydrogens (tertiary/aromatic N) is 4. The van der Waals surface area contributed by atoms with Gasteiger partial charge in [-0.3, -0.25) is 4.57 Å². The molecule has 0 unspecified atom stereocenters. The normalized spacial score (nSPS) is 12.1. The molecule has 0 aliphatic heterocycles. The summed E-state index contributed by atoms with van der Waals surface area (Å²) >= 11 is 0. The maximum atomic E-state index is 5.77. The van der Waals surface area contributed by atoms with Crippen molar-refractivity contribution in [3.8, 4) is 22.8 Å². The minimum absolute atomic E-state index is 0.816. The number of benzene rings is 9. The summed E-state index contributed by atoms with van der Waals surface area (Å²) in [4.78, 5) is 11.5. The number of para-hydroxylation sites is 3. The van der Waals surface area contributed by atoms with E-state index in [-0.39, 0.29) is 0 Å². The Labute approximate surface area is 309 Å². The molecule has 4 heteroatoms. The standard InChI is InChI=1S/C50H30N4/c1-2-17-32(18-3-1)53-41-27-12-10-24-39(41)45-43(53)29-30-44-46(45)40-25-11-13-28-42(40)54(44)50-49(36-26-14-16-31-15-4-5-19-33(31)36)51-47-37-22-8-6-20-34(37)35-21-7-9-23-38(35)48(47)52-50/h1-30H. The van der Waals surface area contributed by atoms with Crippen LogP contribution in [0.3, 0.4) is 0 Å². The molecule has 250 valence electrons. The van der Waals surface area contributed by atoms with E-state index in [0.29, 0.717) is 0 Å². The van der Waals surface area contributed by atoms with Crippen molar-refractivity contribution < 1.29 is 0 Å². The van der Waals surface area contributed by atoms with Crippen LogP contribution in [0.2, 0.25) is 0 Å². The third-order valence-electron chi connectivity index (χ3n) is 11.3. The van der Waals surface area contributed by atoms with E-state index in [2.05, 4.69) is 191 Å². The minimum atomic E-state index is 0.816. The van der Waals surface area contributed by atoms with Gasteiger partial charge in [-0.05, 0) is 57.9 Å². The third-order valence-corrected chi connectivity index (χ3v) is 11.3. The summed E-state index contributed by atoms with van der Waals surface area (Å²) in [7, 11) is 0. The quantitative estimate of drug-likeness (QED) is 0.173. The summed E-state index contributed by atoms with van der Waals surface area (Å²) in [5.74, 6) is 0.816. The second-order valence-electron chi connectivity index (χ2n) is 14.1. The first kappa shape index (κ1) is 29.3. The van der Waals surface area contributed by atoms with Crippen molar-refractivity contribution in [2.24, 2.45) is 0 Å². The van der Waals surface area contributed by atoms with E-state index in [4.69, 9.17) is 9.97 Å². The van der Waals surface area contributed by atoms with Crippen LogP contribution in [0.25, 0.3) is 110 Å². The molecule has 12 rings (SSSR count). The van der Waals surface area contributed by atoms with Gasteiger partial charge in [-0.2, -0.15) is 0 Å². The SMILES string of the molecule is c1ccc(-n2c3ccccc3c3c4c5ccccc5n(-c5nc6c7ccccc7c7ccccc7c6nc5-c5cccc6ccccc56)c4ccc32)cc1. The lowest BCUT2D eigenvalue weighted by molar-refractivity contribution is 1.08. The van der Waals surface area contributed by atoms with Gasteiger partial charge in [0, 0.05) is 43.6 Å². The predicted octanol–water partition coefficient (Wildman–Crippen LogP) is 13.0. The van der Waals surface area contributed by atoms with Crippen LogP contribution in [-0.4, -0.2) is 19.1 Å². The van der Waals surface area contributed by atoms with E-state index >= 15 is 0 Å². The van der Waals surface area contributed by atoms with Gasteiger partial charge < -0.3 is 4.57 Å². The van der Waals surface area contributed by atoms with Gasteiger partial charge in [-0.1, -0.05) is 146 Å². The summed E-state index contributed by atoms with van der Waals surface area (Å²) in [5.41, 5.74) is 9.41. The lowest BCUT2D eigenvalue weighted by Crippen LogP contribution is -2.05. The third kappa shape index (κ3) is 3.97. The van der Waals surface area contributed by atoms with Crippen LogP contribution in [0.15, 0.2) is 182 Å². The Morgan fingerprint density at radius 3 is 1.46 bits per heavy atom. The second-order valence-corrected chi connectivity index (χ2v) is 14.1. The number of fused-ring (bicyclic) bond motifs is 14. The number of rotatable bonds is 3. The van der Waals surface area contributed by atoms with Crippen molar-refractivity contribution in [3.05, 3.63) is 182 Å². The molecule has 54 heavy (non-hydrogen) atoms. The van der Waals surface area contributed by atoms with Gasteiger partial charge in [-0.15, -0.1) is 0 Å². The largest absolute Gasteiger partial charge is 0.309 e. The van der Waals surface area contributed by atoms with Gasteiger partial charge in [-0.25, -0.2) is 9.97 Å². The van der Waals surface area contributed by atoms with Gasteiger partial charge in [0.2, 0.25) is 0 Å². The topological polar surface area (TPSA) is 35.6 Å². The van der Waals surface area contributed by atoms with E-state index in [0.717, 1.165) is 61.0 Å². The van der Waals surface area contributed by atoms with Gasteiger partial charge in [0.1, 0.15) is 5.69 Å². The molecule has 0 atom stereocenters. The van der Waals surface area contributed by atoms with Crippen molar-refractivity contribution in [2.45, 2.75) is 0 Å². The molecular weight excluding hydrogens is 657 g/mol. The highest BCUT2D eigenvalue weighted by Gasteiger charge is 2.25. The molecule has 0 bridgehead atoms. The fourth-order valence-electron chi connectivity index (χ4n) is 9.02. The summed E-state index contributed by atoms with van der Waals surface area (Å²) in [6, 6.07) is 65.1. The van der Waals surface area contributed by atoms with Crippen LogP contribution in [0.4, 0.5) is 0 Å². The molecular formula is C50H30N4. The lowest BCUT2D eigenvalue weighted by Gasteiger charge is -2.17. The lowest BCUT2D eigenvalue weighted by atomic mass is 9.98. The van der Waals surface area contributed by atoms with Gasteiger partial charge in [0.05, 0.1) is 33.1 Å².